The van der Waals surface area contributed by atoms with Crippen molar-refractivity contribution in [2.75, 3.05) is 26.1 Å². The first-order valence-corrected chi connectivity index (χ1v) is 9.77. The maximum atomic E-state index is 12.6. The molecule has 8 nitrogen and oxygen atoms in total. The molecule has 0 bridgehead atoms. The van der Waals surface area contributed by atoms with Crippen LogP contribution < -0.4 is 14.8 Å². The van der Waals surface area contributed by atoms with Crippen LogP contribution in [0, 0.1) is 0 Å². The summed E-state index contributed by atoms with van der Waals surface area (Å²) >= 11 is 6.66. The summed E-state index contributed by atoms with van der Waals surface area (Å²) in [6.45, 7) is -0.446. The molecule has 2 aromatic rings. The monoisotopic (exact) mass is 448 g/mol. The average Bonchev–Trinajstić information content (AvgIpc) is 2.98. The van der Waals surface area contributed by atoms with Crippen molar-refractivity contribution in [2.24, 2.45) is 0 Å². The van der Waals surface area contributed by atoms with Crippen molar-refractivity contribution in [3.63, 3.8) is 0 Å². The molecule has 1 fully saturated rings. The first-order chi connectivity index (χ1) is 14.3. The Morgan fingerprint density at radius 3 is 2.53 bits per heavy atom. The molecule has 156 valence electrons. The first-order valence-electron chi connectivity index (χ1n) is 8.58. The topological polar surface area (TPSA) is 105 Å². The predicted molar refractivity (Wildman–Crippen MR) is 114 cm³/mol. The highest BCUT2D eigenvalue weighted by molar-refractivity contribution is 8.18. The number of aromatic hydroxyl groups is 1. The summed E-state index contributed by atoms with van der Waals surface area (Å²) in [5.74, 6) is -0.632. The smallest absolute Gasteiger partial charge is 0.294 e. The van der Waals surface area contributed by atoms with E-state index < -0.39 is 23.6 Å². The van der Waals surface area contributed by atoms with Gasteiger partial charge in [0.25, 0.3) is 11.1 Å². The normalized spacial score (nSPS) is 14.9. The molecule has 3 amide bonds. The van der Waals surface area contributed by atoms with E-state index in [1.807, 2.05) is 0 Å². The van der Waals surface area contributed by atoms with Crippen molar-refractivity contribution in [1.82, 2.24) is 4.90 Å². The Balaban J connectivity index is 1.73. The van der Waals surface area contributed by atoms with E-state index in [9.17, 15) is 19.5 Å². The van der Waals surface area contributed by atoms with Crippen LogP contribution >= 0.6 is 23.4 Å². The maximum absolute atomic E-state index is 12.6. The van der Waals surface area contributed by atoms with Crippen molar-refractivity contribution in [1.29, 1.82) is 0 Å². The number of ether oxygens (including phenoxy) is 2. The number of hydrogen-bond acceptors (Lipinski definition) is 7. The molecule has 0 radical (unpaired) electrons. The number of carbonyl (C=O) groups is 3. The molecule has 2 aromatic carbocycles. The SMILES string of the molecule is COc1ccc(NC(=O)CN2C(=O)S/C(=C/c3cc(Cl)cc(OC)c3O)C2=O)cc1. The molecule has 0 unspecified atom stereocenters. The molecule has 3 rings (SSSR count). The van der Waals surface area contributed by atoms with Crippen LogP contribution in [0.15, 0.2) is 41.3 Å². The Kier molecular flexibility index (Phi) is 6.53. The van der Waals surface area contributed by atoms with E-state index in [2.05, 4.69) is 5.32 Å². The molecule has 1 saturated heterocycles. The Bertz CT molecular complexity index is 1040. The van der Waals surface area contributed by atoms with Gasteiger partial charge in [0.1, 0.15) is 12.3 Å². The zero-order chi connectivity index (χ0) is 21.8. The van der Waals surface area contributed by atoms with Gasteiger partial charge >= 0.3 is 0 Å². The highest BCUT2D eigenvalue weighted by Gasteiger charge is 2.36. The van der Waals surface area contributed by atoms with Gasteiger partial charge < -0.3 is 19.9 Å². The molecule has 10 heteroatoms. The van der Waals surface area contributed by atoms with E-state index in [4.69, 9.17) is 21.1 Å². The minimum absolute atomic E-state index is 0.0527. The number of nitrogens with one attached hydrogen (secondary N) is 1. The molecule has 0 aromatic heterocycles. The number of phenols is 1. The average molecular weight is 449 g/mol. The van der Waals surface area contributed by atoms with Gasteiger partial charge in [-0.05, 0) is 48.2 Å². The second kappa shape index (κ2) is 9.10. The van der Waals surface area contributed by atoms with E-state index in [1.165, 1.54) is 32.4 Å². The maximum Gasteiger partial charge on any atom is 0.294 e. The zero-order valence-corrected chi connectivity index (χ0v) is 17.5. The van der Waals surface area contributed by atoms with Crippen molar-refractivity contribution < 1.29 is 29.0 Å². The molecule has 1 heterocycles. The summed E-state index contributed by atoms with van der Waals surface area (Å²) in [5, 5.41) is 12.5. The van der Waals surface area contributed by atoms with Gasteiger partial charge in [-0.1, -0.05) is 11.6 Å². The number of carbonyl (C=O) groups excluding carboxylic acids is 3. The van der Waals surface area contributed by atoms with Crippen LogP contribution in [0.2, 0.25) is 5.02 Å². The van der Waals surface area contributed by atoms with Gasteiger partial charge in [0, 0.05) is 22.3 Å². The van der Waals surface area contributed by atoms with Crippen LogP contribution in [0.3, 0.4) is 0 Å². The summed E-state index contributed by atoms with van der Waals surface area (Å²) in [6.07, 6.45) is 1.33. The number of halogens is 1. The van der Waals surface area contributed by atoms with Crippen LogP contribution in [-0.2, 0) is 9.59 Å². The minimum Gasteiger partial charge on any atom is -0.504 e. The van der Waals surface area contributed by atoms with E-state index >= 15 is 0 Å². The molecule has 2 N–H and O–H groups in total. The quantitative estimate of drug-likeness (QED) is 0.648. The lowest BCUT2D eigenvalue weighted by molar-refractivity contribution is -0.127. The Hall–Kier alpha value is -3.17. The highest BCUT2D eigenvalue weighted by atomic mass is 35.5. The van der Waals surface area contributed by atoms with Gasteiger partial charge in [-0.3, -0.25) is 19.3 Å². The second-order valence-corrected chi connectivity index (χ2v) is 7.52. The summed E-state index contributed by atoms with van der Waals surface area (Å²) < 4.78 is 10.1. The molecule has 30 heavy (non-hydrogen) atoms. The fourth-order valence-electron chi connectivity index (χ4n) is 2.66. The van der Waals surface area contributed by atoms with Crippen LogP contribution in [-0.4, -0.2) is 47.8 Å². The molecule has 1 aliphatic rings. The lowest BCUT2D eigenvalue weighted by Gasteiger charge is -2.12. The number of methoxy groups -OCH3 is 2. The molecule has 1 aliphatic heterocycles. The lowest BCUT2D eigenvalue weighted by atomic mass is 10.1. The Morgan fingerprint density at radius 2 is 1.90 bits per heavy atom. The van der Waals surface area contributed by atoms with E-state index in [0.29, 0.717) is 23.2 Å². The number of amides is 3. The minimum atomic E-state index is -0.645. The fourth-order valence-corrected chi connectivity index (χ4v) is 3.70. The molecular formula is C20H17ClN2O6S. The number of nitrogens with zero attached hydrogens (tertiary/aromatic N) is 1. The number of anilines is 1. The zero-order valence-electron chi connectivity index (χ0n) is 16.0. The second-order valence-electron chi connectivity index (χ2n) is 6.09. The van der Waals surface area contributed by atoms with E-state index in [1.54, 1.807) is 24.3 Å². The molecule has 0 saturated carbocycles. The van der Waals surface area contributed by atoms with Crippen molar-refractivity contribution in [3.05, 3.63) is 51.9 Å². The fraction of sp³-hybridized carbons (Fsp3) is 0.150. The van der Waals surface area contributed by atoms with Gasteiger partial charge in [-0.15, -0.1) is 0 Å². The van der Waals surface area contributed by atoms with Gasteiger partial charge in [-0.2, -0.15) is 0 Å². The van der Waals surface area contributed by atoms with Crippen LogP contribution in [0.1, 0.15) is 5.56 Å². The van der Waals surface area contributed by atoms with Crippen LogP contribution in [0.4, 0.5) is 10.5 Å². The summed E-state index contributed by atoms with van der Waals surface area (Å²) in [5.41, 5.74) is 0.715. The van der Waals surface area contributed by atoms with E-state index in [-0.39, 0.29) is 27.0 Å². The number of imide groups is 1. The number of rotatable bonds is 6. The van der Waals surface area contributed by atoms with Gasteiger partial charge in [0.15, 0.2) is 11.5 Å². The Labute approximate surface area is 181 Å². The molecule has 0 atom stereocenters. The van der Waals surface area contributed by atoms with Gasteiger partial charge in [0.05, 0.1) is 19.1 Å². The third-order valence-electron chi connectivity index (χ3n) is 4.12. The number of phenolic OH excluding ortho intramolecular Hbond substituents is 1. The lowest BCUT2D eigenvalue weighted by Crippen LogP contribution is -2.36. The molecule has 0 spiro atoms. The van der Waals surface area contributed by atoms with E-state index in [0.717, 1.165) is 4.90 Å². The van der Waals surface area contributed by atoms with Crippen LogP contribution in [0.5, 0.6) is 17.2 Å². The predicted octanol–water partition coefficient (Wildman–Crippen LogP) is 3.74. The number of thioether (sulfide) groups is 1. The van der Waals surface area contributed by atoms with Crippen molar-refractivity contribution in [3.8, 4) is 17.2 Å². The standard InChI is InChI=1S/C20H17ClN2O6S/c1-28-14-5-3-13(4-6-14)22-17(24)10-23-19(26)16(30-20(23)27)8-11-7-12(21)9-15(29-2)18(11)25/h3-9,25H,10H2,1-2H3,(H,22,24)/b16-8+. The van der Waals surface area contributed by atoms with Crippen molar-refractivity contribution in [2.45, 2.75) is 0 Å². The first kappa shape index (κ1) is 21.5. The summed E-state index contributed by atoms with van der Waals surface area (Å²) in [7, 11) is 2.89. The summed E-state index contributed by atoms with van der Waals surface area (Å²) in [6, 6.07) is 9.47. The van der Waals surface area contributed by atoms with Crippen molar-refractivity contribution >= 4 is 52.2 Å². The van der Waals surface area contributed by atoms with Crippen LogP contribution in [0.25, 0.3) is 6.08 Å². The highest BCUT2D eigenvalue weighted by Crippen LogP contribution is 2.38. The Morgan fingerprint density at radius 1 is 1.20 bits per heavy atom. The van der Waals surface area contributed by atoms with Gasteiger partial charge in [-0.25, -0.2) is 0 Å². The number of hydrogen-bond donors (Lipinski definition) is 2. The summed E-state index contributed by atoms with van der Waals surface area (Å²) in [4.78, 5) is 38.0. The largest absolute Gasteiger partial charge is 0.504 e. The van der Waals surface area contributed by atoms with Gasteiger partial charge in [0.2, 0.25) is 5.91 Å². The third-order valence-corrected chi connectivity index (χ3v) is 5.25. The molecule has 0 aliphatic carbocycles. The molecular weight excluding hydrogens is 432 g/mol. The third kappa shape index (κ3) is 4.69. The number of benzene rings is 2.